The topological polar surface area (TPSA) is 45.2 Å². The molecule has 6 heteroatoms. The molecule has 0 bridgehead atoms. The molecule has 1 atom stereocenters. The summed E-state index contributed by atoms with van der Waals surface area (Å²) in [6.45, 7) is 9.54. The van der Waals surface area contributed by atoms with Gasteiger partial charge in [0.05, 0.1) is 5.56 Å². The van der Waals surface area contributed by atoms with Crippen LogP contribution in [-0.4, -0.2) is 31.0 Å². The van der Waals surface area contributed by atoms with Crippen molar-refractivity contribution in [1.82, 2.24) is 10.3 Å². The van der Waals surface area contributed by atoms with E-state index in [1.165, 1.54) is 12.3 Å². The molecule has 1 aromatic heterocycles. The number of anilines is 1. The molecule has 0 radical (unpaired) electrons. The zero-order valence-corrected chi connectivity index (χ0v) is 17.2. The lowest BCUT2D eigenvalue weighted by Gasteiger charge is -2.29. The van der Waals surface area contributed by atoms with Crippen molar-refractivity contribution in [3.63, 3.8) is 0 Å². The Morgan fingerprint density at radius 3 is 2.71 bits per heavy atom. The number of hydrogen-bond acceptors (Lipinski definition) is 3. The van der Waals surface area contributed by atoms with Crippen LogP contribution in [0, 0.1) is 5.82 Å². The minimum atomic E-state index is -0.266. The number of pyridine rings is 1. The van der Waals surface area contributed by atoms with Gasteiger partial charge in [-0.05, 0) is 68.8 Å². The summed E-state index contributed by atoms with van der Waals surface area (Å²) in [5, 5.41) is 3.51. The number of carbonyl (C=O) groups excluding carboxylic acids is 1. The Labute approximate surface area is 171 Å². The SMILES string of the molecule is C=C.CCC1(CCCNC)CN(C(=O)c2ccc(Cl)nc2)c2ccc(F)cc21. The van der Waals surface area contributed by atoms with Crippen molar-refractivity contribution in [2.75, 3.05) is 25.0 Å². The maximum Gasteiger partial charge on any atom is 0.259 e. The summed E-state index contributed by atoms with van der Waals surface area (Å²) < 4.78 is 14.0. The van der Waals surface area contributed by atoms with Crippen LogP contribution in [0.5, 0.6) is 0 Å². The van der Waals surface area contributed by atoms with E-state index < -0.39 is 0 Å². The van der Waals surface area contributed by atoms with E-state index in [9.17, 15) is 9.18 Å². The summed E-state index contributed by atoms with van der Waals surface area (Å²) in [6, 6.07) is 8.00. The van der Waals surface area contributed by atoms with Crippen LogP contribution >= 0.6 is 11.6 Å². The predicted molar refractivity (Wildman–Crippen MR) is 114 cm³/mol. The van der Waals surface area contributed by atoms with Gasteiger partial charge in [-0.2, -0.15) is 0 Å². The van der Waals surface area contributed by atoms with Crippen LogP contribution in [-0.2, 0) is 5.41 Å². The van der Waals surface area contributed by atoms with Crippen LogP contribution in [0.2, 0.25) is 5.15 Å². The second kappa shape index (κ2) is 9.80. The number of nitrogens with zero attached hydrogens (tertiary/aromatic N) is 2. The molecule has 0 saturated carbocycles. The number of hydrogen-bond donors (Lipinski definition) is 1. The van der Waals surface area contributed by atoms with Crippen molar-refractivity contribution in [3.05, 3.63) is 71.8 Å². The Balaban J connectivity index is 0.00000136. The Kier molecular flexibility index (Phi) is 7.72. The number of nitrogens with one attached hydrogen (secondary N) is 1. The zero-order valence-electron chi connectivity index (χ0n) is 16.5. The van der Waals surface area contributed by atoms with Crippen molar-refractivity contribution >= 4 is 23.2 Å². The quantitative estimate of drug-likeness (QED) is 0.420. The lowest BCUT2D eigenvalue weighted by molar-refractivity contribution is 0.0983. The number of amides is 1. The molecule has 1 aromatic carbocycles. The van der Waals surface area contributed by atoms with E-state index in [4.69, 9.17) is 11.6 Å². The molecule has 0 aliphatic carbocycles. The molecule has 0 saturated heterocycles. The van der Waals surface area contributed by atoms with Crippen LogP contribution in [0.15, 0.2) is 49.7 Å². The van der Waals surface area contributed by atoms with Gasteiger partial charge in [0.1, 0.15) is 11.0 Å². The van der Waals surface area contributed by atoms with Gasteiger partial charge in [0, 0.05) is 23.8 Å². The van der Waals surface area contributed by atoms with E-state index in [2.05, 4.69) is 30.4 Å². The molecule has 1 aliphatic rings. The van der Waals surface area contributed by atoms with Crippen molar-refractivity contribution in [2.45, 2.75) is 31.6 Å². The zero-order chi connectivity index (χ0) is 20.7. The monoisotopic (exact) mass is 403 g/mol. The number of rotatable bonds is 6. The fourth-order valence-corrected chi connectivity index (χ4v) is 3.89. The van der Waals surface area contributed by atoms with E-state index in [0.717, 1.165) is 37.1 Å². The maximum absolute atomic E-state index is 14.0. The summed E-state index contributed by atoms with van der Waals surface area (Å²) >= 11 is 5.83. The number of benzene rings is 1. The van der Waals surface area contributed by atoms with E-state index in [0.29, 0.717) is 17.3 Å². The normalized spacial score (nSPS) is 17.6. The Morgan fingerprint density at radius 2 is 2.11 bits per heavy atom. The van der Waals surface area contributed by atoms with Gasteiger partial charge in [0.15, 0.2) is 0 Å². The molecule has 0 spiro atoms. The fourth-order valence-electron chi connectivity index (χ4n) is 3.78. The van der Waals surface area contributed by atoms with Crippen LogP contribution in [0.1, 0.15) is 42.1 Å². The van der Waals surface area contributed by atoms with Crippen LogP contribution < -0.4 is 10.2 Å². The standard InChI is InChI=1S/C20H23ClFN3O.C2H4/c1-3-20(9-4-10-23-2)13-25(17-7-6-15(22)11-16(17)20)19(26)14-5-8-18(21)24-12-14;1-2/h5-8,11-12,23H,3-4,9-10,13H2,1-2H3;1-2H2. The number of halogens is 2. The molecule has 0 fully saturated rings. The molecule has 28 heavy (non-hydrogen) atoms. The third-order valence-electron chi connectivity index (χ3n) is 5.26. The van der Waals surface area contributed by atoms with Gasteiger partial charge in [-0.3, -0.25) is 4.79 Å². The first kappa shape index (κ1) is 22.1. The second-order valence-electron chi connectivity index (χ2n) is 6.76. The Bertz CT molecular complexity index is 812. The average Bonchev–Trinajstić information content (AvgIpc) is 3.04. The van der Waals surface area contributed by atoms with Gasteiger partial charge in [-0.1, -0.05) is 18.5 Å². The summed E-state index contributed by atoms with van der Waals surface area (Å²) in [6.07, 6.45) is 4.19. The molecule has 2 heterocycles. The smallest absolute Gasteiger partial charge is 0.259 e. The molecule has 4 nitrogen and oxygen atoms in total. The molecule has 1 amide bonds. The van der Waals surface area contributed by atoms with Crippen molar-refractivity contribution in [3.8, 4) is 0 Å². The number of carbonyl (C=O) groups is 1. The Hall–Kier alpha value is -2.24. The molecule has 3 rings (SSSR count). The fraction of sp³-hybridized carbons (Fsp3) is 0.364. The van der Waals surface area contributed by atoms with E-state index in [1.54, 1.807) is 29.2 Å². The molecule has 150 valence electrons. The molecular weight excluding hydrogens is 377 g/mol. The molecule has 1 aliphatic heterocycles. The summed E-state index contributed by atoms with van der Waals surface area (Å²) in [7, 11) is 1.92. The van der Waals surface area contributed by atoms with Gasteiger partial charge in [0.2, 0.25) is 0 Å². The number of aromatic nitrogens is 1. The first-order valence-corrected chi connectivity index (χ1v) is 9.76. The van der Waals surface area contributed by atoms with E-state index in [1.807, 2.05) is 7.05 Å². The highest BCUT2D eigenvalue weighted by Crippen LogP contribution is 2.46. The van der Waals surface area contributed by atoms with E-state index >= 15 is 0 Å². The van der Waals surface area contributed by atoms with Gasteiger partial charge in [0.25, 0.3) is 5.91 Å². The Morgan fingerprint density at radius 1 is 1.36 bits per heavy atom. The third-order valence-corrected chi connectivity index (χ3v) is 5.48. The highest BCUT2D eigenvalue weighted by Gasteiger charge is 2.43. The second-order valence-corrected chi connectivity index (χ2v) is 7.15. The van der Waals surface area contributed by atoms with Crippen molar-refractivity contribution in [2.24, 2.45) is 0 Å². The maximum atomic E-state index is 14.0. The lowest BCUT2D eigenvalue weighted by Crippen LogP contribution is -2.37. The molecular formula is C22H27ClFN3O. The van der Waals surface area contributed by atoms with Crippen LogP contribution in [0.3, 0.4) is 0 Å². The van der Waals surface area contributed by atoms with Crippen LogP contribution in [0.25, 0.3) is 0 Å². The summed E-state index contributed by atoms with van der Waals surface area (Å²) in [5.74, 6) is -0.399. The number of fused-ring (bicyclic) bond motifs is 1. The summed E-state index contributed by atoms with van der Waals surface area (Å²) in [5.41, 5.74) is 1.96. The highest BCUT2D eigenvalue weighted by atomic mass is 35.5. The average molecular weight is 404 g/mol. The molecule has 1 N–H and O–H groups in total. The molecule has 1 unspecified atom stereocenters. The van der Waals surface area contributed by atoms with Gasteiger partial charge in [-0.25, -0.2) is 9.37 Å². The van der Waals surface area contributed by atoms with Gasteiger partial charge in [-0.15, -0.1) is 13.2 Å². The van der Waals surface area contributed by atoms with Crippen LogP contribution in [0.4, 0.5) is 10.1 Å². The minimum absolute atomic E-state index is 0.133. The first-order valence-electron chi connectivity index (χ1n) is 9.39. The van der Waals surface area contributed by atoms with Gasteiger partial charge >= 0.3 is 0 Å². The lowest BCUT2D eigenvalue weighted by atomic mass is 9.76. The highest BCUT2D eigenvalue weighted by molar-refractivity contribution is 6.29. The van der Waals surface area contributed by atoms with Crippen molar-refractivity contribution < 1.29 is 9.18 Å². The van der Waals surface area contributed by atoms with Crippen molar-refractivity contribution in [1.29, 1.82) is 0 Å². The largest absolute Gasteiger partial charge is 0.320 e. The van der Waals surface area contributed by atoms with Gasteiger partial charge < -0.3 is 10.2 Å². The molecule has 2 aromatic rings. The minimum Gasteiger partial charge on any atom is -0.320 e. The first-order chi connectivity index (χ1) is 13.5. The predicted octanol–water partition coefficient (Wildman–Crippen LogP) is 4.98. The van der Waals surface area contributed by atoms with E-state index in [-0.39, 0.29) is 17.1 Å². The summed E-state index contributed by atoms with van der Waals surface area (Å²) in [4.78, 5) is 18.8. The third kappa shape index (κ3) is 4.42.